The number of carboxylic acid groups (broad SMARTS) is 1. The summed E-state index contributed by atoms with van der Waals surface area (Å²) < 4.78 is 6.84. The van der Waals surface area contributed by atoms with Crippen LogP contribution >= 0.6 is 0 Å². The Kier molecular flexibility index (Phi) is 6.62. The summed E-state index contributed by atoms with van der Waals surface area (Å²) in [5, 5.41) is 18.3. The van der Waals surface area contributed by atoms with Crippen molar-refractivity contribution in [2.75, 3.05) is 11.9 Å². The monoisotopic (exact) mass is 462 g/mol. The molecule has 0 saturated heterocycles. The van der Waals surface area contributed by atoms with E-state index in [4.69, 9.17) is 4.74 Å². The average molecular weight is 463 g/mol. The highest BCUT2D eigenvalue weighted by atomic mass is 16.5. The maximum absolute atomic E-state index is 12.8. The van der Waals surface area contributed by atoms with E-state index in [1.807, 2.05) is 43.3 Å². The number of alkyl carbamates (subject to hydrolysis) is 1. The number of anilines is 1. The molecule has 1 aromatic heterocycles. The van der Waals surface area contributed by atoms with E-state index in [2.05, 4.69) is 27.9 Å². The molecule has 1 atom stereocenters. The van der Waals surface area contributed by atoms with E-state index in [-0.39, 0.29) is 23.9 Å². The van der Waals surface area contributed by atoms with E-state index in [0.717, 1.165) is 22.3 Å². The van der Waals surface area contributed by atoms with Crippen LogP contribution in [0.4, 0.5) is 10.5 Å². The normalized spacial score (nSPS) is 13.0. The number of carbonyl (C=O) groups is 3. The lowest BCUT2D eigenvalue weighted by Gasteiger charge is -2.19. The van der Waals surface area contributed by atoms with Gasteiger partial charge in [-0.2, -0.15) is 5.10 Å². The van der Waals surface area contributed by atoms with Crippen LogP contribution in [0.5, 0.6) is 0 Å². The molecular formula is C25H26N4O5. The fourth-order valence-corrected chi connectivity index (χ4v) is 4.30. The molecule has 0 saturated carbocycles. The average Bonchev–Trinajstić information content (AvgIpc) is 3.35. The lowest BCUT2D eigenvalue weighted by molar-refractivity contribution is -0.118. The topological polar surface area (TPSA) is 123 Å². The highest BCUT2D eigenvalue weighted by Gasteiger charge is 2.30. The lowest BCUT2D eigenvalue weighted by atomic mass is 9.98. The van der Waals surface area contributed by atoms with Gasteiger partial charge < -0.3 is 20.5 Å². The minimum absolute atomic E-state index is 0.0652. The van der Waals surface area contributed by atoms with Gasteiger partial charge in [0.05, 0.1) is 5.69 Å². The minimum atomic E-state index is -1.26. The van der Waals surface area contributed by atoms with Crippen LogP contribution in [0, 0.1) is 0 Å². The molecule has 176 valence electrons. The van der Waals surface area contributed by atoms with Gasteiger partial charge in [0, 0.05) is 19.2 Å². The number of benzene rings is 2. The maximum atomic E-state index is 12.8. The second kappa shape index (κ2) is 9.78. The van der Waals surface area contributed by atoms with Gasteiger partial charge in [0.15, 0.2) is 5.69 Å². The summed E-state index contributed by atoms with van der Waals surface area (Å²) in [5.41, 5.74) is 4.24. The molecule has 0 bridgehead atoms. The number of nitrogens with zero attached hydrogens (tertiary/aromatic N) is 2. The highest BCUT2D eigenvalue weighted by Crippen LogP contribution is 2.44. The summed E-state index contributed by atoms with van der Waals surface area (Å²) in [6.07, 6.45) is 1.68. The van der Waals surface area contributed by atoms with E-state index in [9.17, 15) is 19.5 Å². The maximum Gasteiger partial charge on any atom is 0.407 e. The van der Waals surface area contributed by atoms with E-state index < -0.39 is 24.0 Å². The Balaban J connectivity index is 1.42. The van der Waals surface area contributed by atoms with Crippen molar-refractivity contribution in [2.45, 2.75) is 31.7 Å². The van der Waals surface area contributed by atoms with Crippen molar-refractivity contribution in [3.05, 3.63) is 71.5 Å². The van der Waals surface area contributed by atoms with Crippen molar-refractivity contribution >= 4 is 23.7 Å². The molecule has 9 nitrogen and oxygen atoms in total. The van der Waals surface area contributed by atoms with Crippen LogP contribution in [0.1, 0.15) is 47.3 Å². The number of nitrogens with one attached hydrogen (secondary N) is 2. The van der Waals surface area contributed by atoms with E-state index in [0.29, 0.717) is 12.8 Å². The minimum Gasteiger partial charge on any atom is -0.476 e. The Morgan fingerprint density at radius 1 is 1.09 bits per heavy atom. The van der Waals surface area contributed by atoms with Gasteiger partial charge in [0.25, 0.3) is 0 Å². The van der Waals surface area contributed by atoms with Crippen LogP contribution in [0.15, 0.2) is 54.7 Å². The van der Waals surface area contributed by atoms with Gasteiger partial charge in [-0.1, -0.05) is 61.9 Å². The lowest BCUT2D eigenvalue weighted by Crippen LogP contribution is -2.44. The molecule has 0 unspecified atom stereocenters. The van der Waals surface area contributed by atoms with Gasteiger partial charge in [-0.15, -0.1) is 0 Å². The zero-order valence-electron chi connectivity index (χ0n) is 18.9. The second-order valence-corrected chi connectivity index (χ2v) is 8.17. The smallest absolute Gasteiger partial charge is 0.407 e. The third kappa shape index (κ3) is 4.63. The fourth-order valence-electron chi connectivity index (χ4n) is 4.30. The van der Waals surface area contributed by atoms with Crippen LogP contribution in [-0.2, 0) is 16.6 Å². The molecule has 1 aliphatic carbocycles. The molecule has 2 amide bonds. The number of carbonyl (C=O) groups excluding carboxylic acids is 2. The molecule has 0 fully saturated rings. The SMILES string of the molecule is CCC[C@@H](NC(=O)OCC1c2ccccc2-c2ccccc21)C(=O)Nc1cn(C)nc1C(=O)O. The standard InChI is InChI=1S/C25H26N4O5/c1-3-8-20(23(30)26-21-13-29(2)28-22(21)24(31)32)27-25(33)34-14-19-17-11-6-4-9-15(17)16-10-5-7-12-18(16)19/h4-7,9-13,19-20H,3,8,14H2,1-2H3,(H,26,30)(H,27,33)(H,31,32)/t20-/m1/s1. The molecule has 0 aliphatic heterocycles. The first-order chi connectivity index (χ1) is 16.4. The van der Waals surface area contributed by atoms with Gasteiger partial charge in [0.2, 0.25) is 5.91 Å². The van der Waals surface area contributed by atoms with Gasteiger partial charge in [-0.3, -0.25) is 9.48 Å². The molecule has 0 spiro atoms. The number of rotatable bonds is 8. The molecule has 1 aliphatic rings. The molecule has 3 N–H and O–H groups in total. The van der Waals surface area contributed by atoms with Gasteiger partial charge in [-0.25, -0.2) is 9.59 Å². The molecule has 2 aromatic carbocycles. The highest BCUT2D eigenvalue weighted by molar-refractivity contribution is 6.01. The number of aromatic nitrogens is 2. The third-order valence-corrected chi connectivity index (χ3v) is 5.82. The number of aryl methyl sites for hydroxylation is 1. The van der Waals surface area contributed by atoms with E-state index in [1.54, 1.807) is 7.05 Å². The summed E-state index contributed by atoms with van der Waals surface area (Å²) in [6, 6.07) is 15.2. The van der Waals surface area contributed by atoms with Crippen molar-refractivity contribution in [3.8, 4) is 11.1 Å². The number of ether oxygens (including phenoxy) is 1. The number of hydrogen-bond acceptors (Lipinski definition) is 5. The predicted octanol–water partition coefficient (Wildman–Crippen LogP) is 3.76. The van der Waals surface area contributed by atoms with Crippen molar-refractivity contribution in [3.63, 3.8) is 0 Å². The van der Waals surface area contributed by atoms with Crippen LogP contribution < -0.4 is 10.6 Å². The van der Waals surface area contributed by atoms with Crippen molar-refractivity contribution in [1.29, 1.82) is 0 Å². The number of hydrogen-bond donors (Lipinski definition) is 3. The van der Waals surface area contributed by atoms with E-state index in [1.165, 1.54) is 10.9 Å². The molecule has 9 heteroatoms. The summed E-state index contributed by atoms with van der Waals surface area (Å²) >= 11 is 0. The largest absolute Gasteiger partial charge is 0.476 e. The summed E-state index contributed by atoms with van der Waals surface area (Å²) in [6.45, 7) is 2.01. The third-order valence-electron chi connectivity index (χ3n) is 5.82. The van der Waals surface area contributed by atoms with Crippen molar-refractivity contribution in [1.82, 2.24) is 15.1 Å². The Hall–Kier alpha value is -4.14. The molecular weight excluding hydrogens is 436 g/mol. The molecule has 1 heterocycles. The summed E-state index contributed by atoms with van der Waals surface area (Å²) in [5.74, 6) is -1.89. The quantitative estimate of drug-likeness (QED) is 0.468. The van der Waals surface area contributed by atoms with Crippen LogP contribution in [-0.4, -0.2) is 45.5 Å². The van der Waals surface area contributed by atoms with Crippen LogP contribution in [0.3, 0.4) is 0 Å². The predicted molar refractivity (Wildman–Crippen MR) is 126 cm³/mol. The Morgan fingerprint density at radius 2 is 1.71 bits per heavy atom. The first-order valence-corrected chi connectivity index (χ1v) is 11.1. The number of amides is 2. The summed E-state index contributed by atoms with van der Waals surface area (Å²) in [7, 11) is 1.56. The second-order valence-electron chi connectivity index (χ2n) is 8.17. The number of carboxylic acids is 1. The zero-order chi connectivity index (χ0) is 24.2. The number of aromatic carboxylic acids is 1. The Bertz CT molecular complexity index is 1190. The fraction of sp³-hybridized carbons (Fsp3) is 0.280. The molecule has 34 heavy (non-hydrogen) atoms. The zero-order valence-corrected chi connectivity index (χ0v) is 18.9. The Labute approximate surface area is 196 Å². The van der Waals surface area contributed by atoms with Gasteiger partial charge in [0.1, 0.15) is 12.6 Å². The Morgan fingerprint density at radius 3 is 2.29 bits per heavy atom. The molecule has 0 radical (unpaired) electrons. The summed E-state index contributed by atoms with van der Waals surface area (Å²) in [4.78, 5) is 36.8. The van der Waals surface area contributed by atoms with Gasteiger partial charge >= 0.3 is 12.1 Å². The van der Waals surface area contributed by atoms with Crippen molar-refractivity contribution < 1.29 is 24.2 Å². The van der Waals surface area contributed by atoms with Crippen LogP contribution in [0.2, 0.25) is 0 Å². The first kappa shape index (κ1) is 23.0. The van der Waals surface area contributed by atoms with Crippen LogP contribution in [0.25, 0.3) is 11.1 Å². The van der Waals surface area contributed by atoms with Crippen molar-refractivity contribution in [2.24, 2.45) is 7.05 Å². The number of fused-ring (bicyclic) bond motifs is 3. The first-order valence-electron chi connectivity index (χ1n) is 11.1. The molecule has 3 aromatic rings. The van der Waals surface area contributed by atoms with Gasteiger partial charge in [-0.05, 0) is 28.7 Å². The van der Waals surface area contributed by atoms with E-state index >= 15 is 0 Å². The molecule has 4 rings (SSSR count).